The molecule has 4 heteroatoms. The van der Waals surface area contributed by atoms with Gasteiger partial charge in [0.15, 0.2) is 0 Å². The Morgan fingerprint density at radius 1 is 1.44 bits per heavy atom. The Balaban J connectivity index is 2.47. The number of amides is 1. The molecule has 0 aliphatic heterocycles. The highest BCUT2D eigenvalue weighted by Crippen LogP contribution is 2.18. The molecule has 1 amide bonds. The van der Waals surface area contributed by atoms with Crippen molar-refractivity contribution in [3.63, 3.8) is 0 Å². The largest absolute Gasteiger partial charge is 0.467 e. The van der Waals surface area contributed by atoms with E-state index in [-0.39, 0.29) is 17.8 Å². The Bertz CT molecular complexity index is 278. The van der Waals surface area contributed by atoms with Crippen LogP contribution in [0, 0.1) is 5.92 Å². The van der Waals surface area contributed by atoms with E-state index in [0.29, 0.717) is 6.42 Å². The Kier molecular flexibility index (Phi) is 5.02. The van der Waals surface area contributed by atoms with Gasteiger partial charge in [-0.25, -0.2) is 4.79 Å². The van der Waals surface area contributed by atoms with Gasteiger partial charge in [-0.15, -0.1) is 0 Å². The van der Waals surface area contributed by atoms with E-state index in [1.165, 1.54) is 7.11 Å². The van der Waals surface area contributed by atoms with Crippen molar-refractivity contribution in [2.45, 2.75) is 38.6 Å². The zero-order valence-corrected chi connectivity index (χ0v) is 9.86. The molecule has 0 radical (unpaired) electrons. The van der Waals surface area contributed by atoms with E-state index in [2.05, 4.69) is 10.1 Å². The lowest BCUT2D eigenvalue weighted by molar-refractivity contribution is -0.145. The molecule has 0 bridgehead atoms. The molecule has 16 heavy (non-hydrogen) atoms. The van der Waals surface area contributed by atoms with Crippen molar-refractivity contribution in [2.75, 3.05) is 7.11 Å². The van der Waals surface area contributed by atoms with E-state index in [0.717, 1.165) is 19.3 Å². The van der Waals surface area contributed by atoms with Gasteiger partial charge in [0.1, 0.15) is 6.04 Å². The maximum Gasteiger partial charge on any atom is 0.328 e. The van der Waals surface area contributed by atoms with Crippen molar-refractivity contribution in [2.24, 2.45) is 5.92 Å². The summed E-state index contributed by atoms with van der Waals surface area (Å²) in [5, 5.41) is 2.76. The SMILES string of the molecule is CCCC(NC(=O)C1CC=CC1)C(=O)OC. The first-order chi connectivity index (χ1) is 7.69. The molecule has 0 spiro atoms. The molecule has 1 aliphatic rings. The second-order valence-electron chi connectivity index (χ2n) is 4.01. The van der Waals surface area contributed by atoms with Crippen LogP contribution in [0.2, 0.25) is 0 Å². The molecule has 0 saturated heterocycles. The lowest BCUT2D eigenvalue weighted by Gasteiger charge is -2.18. The third-order valence-corrected chi connectivity index (χ3v) is 2.76. The molecule has 0 aromatic heterocycles. The molecule has 1 N–H and O–H groups in total. The normalized spacial score (nSPS) is 17.1. The average molecular weight is 225 g/mol. The van der Waals surface area contributed by atoms with E-state index in [4.69, 9.17) is 0 Å². The Hall–Kier alpha value is -1.32. The first kappa shape index (κ1) is 12.7. The molecule has 90 valence electrons. The maximum atomic E-state index is 11.8. The molecule has 1 aliphatic carbocycles. The molecule has 0 saturated carbocycles. The highest BCUT2D eigenvalue weighted by Gasteiger charge is 2.25. The van der Waals surface area contributed by atoms with Crippen molar-refractivity contribution in [1.29, 1.82) is 0 Å². The van der Waals surface area contributed by atoms with Crippen LogP contribution in [-0.4, -0.2) is 25.0 Å². The van der Waals surface area contributed by atoms with Crippen molar-refractivity contribution in [1.82, 2.24) is 5.32 Å². The molecule has 1 atom stereocenters. The van der Waals surface area contributed by atoms with Gasteiger partial charge in [-0.1, -0.05) is 25.5 Å². The van der Waals surface area contributed by atoms with Crippen molar-refractivity contribution < 1.29 is 14.3 Å². The zero-order valence-electron chi connectivity index (χ0n) is 9.86. The van der Waals surface area contributed by atoms with Crippen LogP contribution >= 0.6 is 0 Å². The quantitative estimate of drug-likeness (QED) is 0.568. The summed E-state index contributed by atoms with van der Waals surface area (Å²) in [7, 11) is 1.34. The fourth-order valence-corrected chi connectivity index (χ4v) is 1.80. The van der Waals surface area contributed by atoms with Gasteiger partial charge in [0.05, 0.1) is 7.11 Å². The topological polar surface area (TPSA) is 55.4 Å². The van der Waals surface area contributed by atoms with Gasteiger partial charge in [0, 0.05) is 5.92 Å². The smallest absolute Gasteiger partial charge is 0.328 e. The minimum Gasteiger partial charge on any atom is -0.467 e. The molecule has 0 aromatic rings. The number of hydrogen-bond donors (Lipinski definition) is 1. The summed E-state index contributed by atoms with van der Waals surface area (Å²) >= 11 is 0. The van der Waals surface area contributed by atoms with Crippen LogP contribution < -0.4 is 5.32 Å². The summed E-state index contributed by atoms with van der Waals surface area (Å²) in [6.07, 6.45) is 6.99. The molecule has 4 nitrogen and oxygen atoms in total. The highest BCUT2D eigenvalue weighted by molar-refractivity contribution is 5.86. The standard InChI is InChI=1S/C12H19NO3/c1-3-6-10(12(15)16-2)13-11(14)9-7-4-5-8-9/h4-5,9-10H,3,6-8H2,1-2H3,(H,13,14). The van der Waals surface area contributed by atoms with Crippen LogP contribution in [0.4, 0.5) is 0 Å². The second kappa shape index (κ2) is 6.30. The summed E-state index contributed by atoms with van der Waals surface area (Å²) in [5.74, 6) is -0.418. The number of carbonyl (C=O) groups excluding carboxylic acids is 2. The van der Waals surface area contributed by atoms with Gasteiger partial charge in [0.25, 0.3) is 0 Å². The van der Waals surface area contributed by atoms with E-state index in [1.807, 2.05) is 19.1 Å². The molecule has 0 aromatic carbocycles. The minimum atomic E-state index is -0.497. The van der Waals surface area contributed by atoms with Gasteiger partial charge in [0.2, 0.25) is 5.91 Å². The van der Waals surface area contributed by atoms with E-state index in [1.54, 1.807) is 0 Å². The number of esters is 1. The monoisotopic (exact) mass is 225 g/mol. The molecular formula is C12H19NO3. The van der Waals surface area contributed by atoms with Gasteiger partial charge in [-0.05, 0) is 19.3 Å². The number of allylic oxidation sites excluding steroid dienone is 2. The lowest BCUT2D eigenvalue weighted by atomic mass is 10.1. The molecule has 0 heterocycles. The molecule has 1 rings (SSSR count). The summed E-state index contributed by atoms with van der Waals surface area (Å²) in [5.41, 5.74) is 0. The number of rotatable bonds is 5. The third kappa shape index (κ3) is 3.36. The first-order valence-electron chi connectivity index (χ1n) is 5.72. The summed E-state index contributed by atoms with van der Waals surface area (Å²) < 4.78 is 4.66. The van der Waals surface area contributed by atoms with E-state index >= 15 is 0 Å². The number of hydrogen-bond acceptors (Lipinski definition) is 3. The number of ether oxygens (including phenoxy) is 1. The summed E-state index contributed by atoms with van der Waals surface area (Å²) in [6.45, 7) is 1.97. The molecular weight excluding hydrogens is 206 g/mol. The van der Waals surface area contributed by atoms with Crippen LogP contribution in [0.1, 0.15) is 32.6 Å². The summed E-state index contributed by atoms with van der Waals surface area (Å²) in [4.78, 5) is 23.2. The zero-order chi connectivity index (χ0) is 12.0. The summed E-state index contributed by atoms with van der Waals surface area (Å²) in [6, 6.07) is -0.497. The lowest BCUT2D eigenvalue weighted by Crippen LogP contribution is -2.43. The van der Waals surface area contributed by atoms with Crippen molar-refractivity contribution >= 4 is 11.9 Å². The number of methoxy groups -OCH3 is 1. The van der Waals surface area contributed by atoms with Gasteiger partial charge >= 0.3 is 5.97 Å². The Morgan fingerprint density at radius 2 is 2.06 bits per heavy atom. The number of carbonyl (C=O) groups is 2. The van der Waals surface area contributed by atoms with Crippen LogP contribution in [0.3, 0.4) is 0 Å². The van der Waals surface area contributed by atoms with Crippen molar-refractivity contribution in [3.8, 4) is 0 Å². The van der Waals surface area contributed by atoms with Crippen LogP contribution in [0.25, 0.3) is 0 Å². The Morgan fingerprint density at radius 3 is 2.56 bits per heavy atom. The third-order valence-electron chi connectivity index (χ3n) is 2.76. The maximum absolute atomic E-state index is 11.8. The fraction of sp³-hybridized carbons (Fsp3) is 0.667. The highest BCUT2D eigenvalue weighted by atomic mass is 16.5. The number of nitrogens with one attached hydrogen (secondary N) is 1. The molecule has 0 fully saturated rings. The predicted octanol–water partition coefficient (Wildman–Crippen LogP) is 1.41. The van der Waals surface area contributed by atoms with Gasteiger partial charge in [-0.3, -0.25) is 4.79 Å². The van der Waals surface area contributed by atoms with Crippen molar-refractivity contribution in [3.05, 3.63) is 12.2 Å². The van der Waals surface area contributed by atoms with Crippen LogP contribution in [0.5, 0.6) is 0 Å². The van der Waals surface area contributed by atoms with Crippen LogP contribution in [0.15, 0.2) is 12.2 Å². The predicted molar refractivity (Wildman–Crippen MR) is 60.7 cm³/mol. The second-order valence-corrected chi connectivity index (χ2v) is 4.01. The Labute approximate surface area is 96.0 Å². The van der Waals surface area contributed by atoms with Crippen LogP contribution in [-0.2, 0) is 14.3 Å². The fourth-order valence-electron chi connectivity index (χ4n) is 1.80. The molecule has 1 unspecified atom stereocenters. The first-order valence-corrected chi connectivity index (χ1v) is 5.72. The van der Waals surface area contributed by atoms with E-state index < -0.39 is 6.04 Å². The van der Waals surface area contributed by atoms with Gasteiger partial charge < -0.3 is 10.1 Å². The average Bonchev–Trinajstić information content (AvgIpc) is 2.80. The van der Waals surface area contributed by atoms with Gasteiger partial charge in [-0.2, -0.15) is 0 Å². The minimum absolute atomic E-state index is 0.0102. The van der Waals surface area contributed by atoms with E-state index in [9.17, 15) is 9.59 Å².